The summed E-state index contributed by atoms with van der Waals surface area (Å²) in [7, 11) is 6.20. The molecule has 0 aliphatic carbocycles. The molecule has 172 valence electrons. The summed E-state index contributed by atoms with van der Waals surface area (Å²) in [6.07, 6.45) is 3.92. The third kappa shape index (κ3) is 3.06. The average molecular weight is 453 g/mol. The van der Waals surface area contributed by atoms with Crippen molar-refractivity contribution < 1.29 is 9.59 Å². The van der Waals surface area contributed by atoms with E-state index in [9.17, 15) is 9.59 Å². The van der Waals surface area contributed by atoms with Crippen molar-refractivity contribution >= 4 is 44.8 Å². The summed E-state index contributed by atoms with van der Waals surface area (Å²) in [5.74, 6) is -0.0686. The molecule has 2 amide bonds. The van der Waals surface area contributed by atoms with E-state index >= 15 is 0 Å². The molecule has 2 aromatic carbocycles. The fourth-order valence-electron chi connectivity index (χ4n) is 5.95. The molecule has 6 rings (SSSR count). The predicted molar refractivity (Wildman–Crippen MR) is 135 cm³/mol. The Balaban J connectivity index is 1.63. The zero-order valence-corrected chi connectivity index (χ0v) is 19.8. The van der Waals surface area contributed by atoms with E-state index < -0.39 is 0 Å². The Kier molecular flexibility index (Phi) is 4.74. The molecule has 0 saturated heterocycles. The van der Waals surface area contributed by atoms with E-state index in [2.05, 4.69) is 47.1 Å². The van der Waals surface area contributed by atoms with Gasteiger partial charge < -0.3 is 14.0 Å². The fraction of sp³-hybridized carbons (Fsp3) is 0.286. The van der Waals surface area contributed by atoms with Crippen LogP contribution in [0.2, 0.25) is 0 Å². The maximum atomic E-state index is 13.3. The number of aromatic nitrogens is 2. The number of rotatable bonds is 4. The molecule has 4 aromatic rings. The lowest BCUT2D eigenvalue weighted by Crippen LogP contribution is -2.29. The molecule has 2 aromatic heterocycles. The van der Waals surface area contributed by atoms with Crippen LogP contribution in [0.25, 0.3) is 33.0 Å². The van der Waals surface area contributed by atoms with Crippen LogP contribution in [0.3, 0.4) is 0 Å². The number of aryl methyl sites for hydroxylation is 1. The number of benzene rings is 2. The highest BCUT2D eigenvalue weighted by molar-refractivity contribution is 6.51. The Morgan fingerprint density at radius 3 is 2.38 bits per heavy atom. The summed E-state index contributed by atoms with van der Waals surface area (Å²) in [5, 5.41) is 4.63. The molecule has 1 atom stereocenters. The topological polar surface area (TPSA) is 59.3 Å². The normalized spacial score (nSPS) is 18.4. The molecule has 0 saturated carbocycles. The number of imide groups is 1. The lowest BCUT2D eigenvalue weighted by Gasteiger charge is -2.28. The molecule has 1 N–H and O–H groups in total. The van der Waals surface area contributed by atoms with Gasteiger partial charge in [-0.05, 0) is 45.0 Å². The fourth-order valence-corrected chi connectivity index (χ4v) is 5.95. The van der Waals surface area contributed by atoms with Crippen molar-refractivity contribution in [2.45, 2.75) is 19.4 Å². The van der Waals surface area contributed by atoms with Gasteiger partial charge in [-0.25, -0.2) is 0 Å². The first-order chi connectivity index (χ1) is 16.4. The highest BCUT2D eigenvalue weighted by atomic mass is 16.2. The smallest absolute Gasteiger partial charge is 0.259 e. The van der Waals surface area contributed by atoms with E-state index in [1.807, 2.05) is 48.1 Å². The lowest BCUT2D eigenvalue weighted by atomic mass is 9.90. The molecule has 0 spiro atoms. The van der Waals surface area contributed by atoms with E-state index in [4.69, 9.17) is 0 Å². The highest BCUT2D eigenvalue weighted by Gasteiger charge is 2.38. The second-order valence-corrected chi connectivity index (χ2v) is 9.82. The molecule has 0 fully saturated rings. The summed E-state index contributed by atoms with van der Waals surface area (Å²) < 4.78 is 4.40. The van der Waals surface area contributed by atoms with Gasteiger partial charge in [0.2, 0.25) is 0 Å². The molecule has 0 bridgehead atoms. The zero-order valence-electron chi connectivity index (χ0n) is 19.8. The van der Waals surface area contributed by atoms with Crippen LogP contribution in [0, 0.1) is 5.92 Å². The summed E-state index contributed by atoms with van der Waals surface area (Å²) in [5.41, 5.74) is 6.05. The van der Waals surface area contributed by atoms with Crippen molar-refractivity contribution in [3.8, 4) is 0 Å². The highest BCUT2D eigenvalue weighted by Crippen LogP contribution is 2.42. The Morgan fingerprint density at radius 2 is 1.62 bits per heavy atom. The largest absolute Gasteiger partial charge is 0.350 e. The molecule has 0 radical (unpaired) electrons. The maximum Gasteiger partial charge on any atom is 0.259 e. The number of para-hydroxylation sites is 2. The summed E-state index contributed by atoms with van der Waals surface area (Å²) in [6.45, 7) is 1.95. The average Bonchev–Trinajstić information content (AvgIpc) is 3.42. The molecule has 2 aliphatic heterocycles. The Labute approximate surface area is 198 Å². The third-order valence-electron chi connectivity index (χ3n) is 7.28. The van der Waals surface area contributed by atoms with E-state index in [1.54, 1.807) is 0 Å². The quantitative estimate of drug-likeness (QED) is 0.479. The minimum atomic E-state index is -0.318. The predicted octanol–water partition coefficient (Wildman–Crippen LogP) is 3.82. The van der Waals surface area contributed by atoms with E-state index in [0.29, 0.717) is 17.1 Å². The first-order valence-electron chi connectivity index (χ1n) is 11.8. The van der Waals surface area contributed by atoms with Crippen molar-refractivity contribution in [2.75, 3.05) is 20.6 Å². The van der Waals surface area contributed by atoms with Gasteiger partial charge in [0.25, 0.3) is 11.8 Å². The van der Waals surface area contributed by atoms with Crippen molar-refractivity contribution in [2.24, 2.45) is 13.0 Å². The second-order valence-electron chi connectivity index (χ2n) is 9.82. The first-order valence-corrected chi connectivity index (χ1v) is 11.8. The Bertz CT molecular complexity index is 1520. The summed E-state index contributed by atoms with van der Waals surface area (Å²) in [6, 6.07) is 16.3. The molecule has 34 heavy (non-hydrogen) atoms. The molecule has 2 aliphatic rings. The number of hydrogen-bond donors (Lipinski definition) is 1. The minimum Gasteiger partial charge on any atom is -0.350 e. The zero-order chi connectivity index (χ0) is 23.6. The molecular formula is C28H28N4O2. The van der Waals surface area contributed by atoms with Crippen LogP contribution in [-0.2, 0) is 29.6 Å². The van der Waals surface area contributed by atoms with Gasteiger partial charge in [0.1, 0.15) is 0 Å². The van der Waals surface area contributed by atoms with E-state index in [0.717, 1.165) is 64.6 Å². The Morgan fingerprint density at radius 1 is 0.941 bits per heavy atom. The van der Waals surface area contributed by atoms with Crippen LogP contribution in [0.15, 0.2) is 54.7 Å². The SMILES string of the molecule is CN(C)CC1CCc2c(C3=C(c4cn(C)c5ccccc45)C(=O)NC3=O)c3ccccc3n2C1. The maximum absolute atomic E-state index is 13.3. The lowest BCUT2D eigenvalue weighted by molar-refractivity contribution is -0.122. The van der Waals surface area contributed by atoms with Gasteiger partial charge in [-0.2, -0.15) is 0 Å². The van der Waals surface area contributed by atoms with Crippen LogP contribution in [0.5, 0.6) is 0 Å². The number of carbonyl (C=O) groups is 2. The van der Waals surface area contributed by atoms with E-state index in [-0.39, 0.29) is 11.8 Å². The van der Waals surface area contributed by atoms with Crippen LogP contribution in [0.1, 0.15) is 23.2 Å². The van der Waals surface area contributed by atoms with Crippen molar-refractivity contribution in [3.05, 3.63) is 71.5 Å². The van der Waals surface area contributed by atoms with Crippen LogP contribution >= 0.6 is 0 Å². The van der Waals surface area contributed by atoms with Crippen LogP contribution in [0.4, 0.5) is 0 Å². The van der Waals surface area contributed by atoms with Crippen molar-refractivity contribution in [1.29, 1.82) is 0 Å². The molecule has 6 nitrogen and oxygen atoms in total. The Hall–Kier alpha value is -3.64. The van der Waals surface area contributed by atoms with Gasteiger partial charge in [-0.1, -0.05) is 36.4 Å². The number of fused-ring (bicyclic) bond motifs is 4. The standard InChI is InChI=1S/C28H28N4O2/c1-30(2)14-17-12-13-23-24(19-9-5-7-11-22(19)32(23)15-17)26-25(27(33)29-28(26)34)20-16-31(3)21-10-6-4-8-18(20)21/h4-11,16-17H,12-15H2,1-3H3,(H,29,33,34). The monoisotopic (exact) mass is 452 g/mol. The van der Waals surface area contributed by atoms with Gasteiger partial charge in [0.05, 0.1) is 11.1 Å². The number of nitrogens with zero attached hydrogens (tertiary/aromatic N) is 3. The van der Waals surface area contributed by atoms with Crippen molar-refractivity contribution in [1.82, 2.24) is 19.4 Å². The molecule has 6 heteroatoms. The summed E-state index contributed by atoms with van der Waals surface area (Å²) in [4.78, 5) is 28.8. The van der Waals surface area contributed by atoms with Gasteiger partial charge in [0.15, 0.2) is 0 Å². The molecule has 1 unspecified atom stereocenters. The van der Waals surface area contributed by atoms with Gasteiger partial charge in [-0.3, -0.25) is 14.9 Å². The van der Waals surface area contributed by atoms with Crippen LogP contribution < -0.4 is 5.32 Å². The van der Waals surface area contributed by atoms with Crippen molar-refractivity contribution in [3.63, 3.8) is 0 Å². The minimum absolute atomic E-state index is 0.303. The van der Waals surface area contributed by atoms with E-state index in [1.165, 1.54) is 0 Å². The second kappa shape index (κ2) is 7.71. The molecule has 4 heterocycles. The first kappa shape index (κ1) is 20.9. The van der Waals surface area contributed by atoms with Crippen LogP contribution in [-0.4, -0.2) is 46.5 Å². The van der Waals surface area contributed by atoms with Gasteiger partial charge >= 0.3 is 0 Å². The number of amides is 2. The van der Waals surface area contributed by atoms with Gasteiger partial charge in [-0.15, -0.1) is 0 Å². The number of nitrogens with one attached hydrogen (secondary N) is 1. The molecular weight excluding hydrogens is 424 g/mol. The number of hydrogen-bond acceptors (Lipinski definition) is 3. The van der Waals surface area contributed by atoms with Gasteiger partial charge in [0, 0.05) is 65.0 Å². The third-order valence-corrected chi connectivity index (χ3v) is 7.28. The number of carbonyl (C=O) groups excluding carboxylic acids is 2. The summed E-state index contributed by atoms with van der Waals surface area (Å²) >= 11 is 0.